The number of anilines is 1. The van der Waals surface area contributed by atoms with Gasteiger partial charge in [-0.15, -0.1) is 0 Å². The second-order valence-electron chi connectivity index (χ2n) is 4.86. The average Bonchev–Trinajstić information content (AvgIpc) is 2.48. The fourth-order valence-corrected chi connectivity index (χ4v) is 2.09. The first-order valence-corrected chi connectivity index (χ1v) is 6.51. The predicted octanol–water partition coefficient (Wildman–Crippen LogP) is -0.227. The van der Waals surface area contributed by atoms with Crippen LogP contribution in [0.15, 0.2) is 18.2 Å². The minimum Gasteiger partial charge on any atom is -0.324 e. The van der Waals surface area contributed by atoms with Crippen LogP contribution >= 0.6 is 0 Å². The Kier molecular flexibility index (Phi) is 4.68. The molecule has 1 aliphatic heterocycles. The Morgan fingerprint density at radius 1 is 1.33 bits per heavy atom. The Balaban J connectivity index is 2.15. The molecular weight excluding hydrogens is 276 g/mol. The van der Waals surface area contributed by atoms with E-state index in [-0.39, 0.29) is 11.3 Å². The number of hydrazine groups is 2. The molecule has 1 aromatic carbocycles. The highest BCUT2D eigenvalue weighted by atomic mass is 16.6. The number of carbonyl (C=O) groups excluding carboxylic acids is 1. The van der Waals surface area contributed by atoms with Crippen molar-refractivity contribution in [3.8, 4) is 0 Å². The number of rotatable bonds is 4. The van der Waals surface area contributed by atoms with Gasteiger partial charge in [0.25, 0.3) is 11.6 Å². The molecule has 9 nitrogen and oxygen atoms in total. The minimum atomic E-state index is -0.584. The predicted molar refractivity (Wildman–Crippen MR) is 77.4 cm³/mol. The standard InChI is InChI=1S/C12H18N6O3/c1-16-4-6-17(7-5-16)15-12(19)10-8-9(14-13)2-3-11(10)18(20)21/h2-3,8,14H,4-7,13H2,1H3,(H,15,19). The van der Waals surface area contributed by atoms with E-state index in [0.717, 1.165) is 13.1 Å². The molecule has 0 bridgehead atoms. The van der Waals surface area contributed by atoms with Crippen molar-refractivity contribution in [1.29, 1.82) is 0 Å². The van der Waals surface area contributed by atoms with Crippen LogP contribution in [0.4, 0.5) is 11.4 Å². The number of hydrogen-bond acceptors (Lipinski definition) is 7. The zero-order chi connectivity index (χ0) is 15.4. The molecule has 4 N–H and O–H groups in total. The number of nitro benzene ring substituents is 1. The van der Waals surface area contributed by atoms with Gasteiger partial charge in [-0.3, -0.25) is 26.2 Å². The van der Waals surface area contributed by atoms with Gasteiger partial charge in [-0.1, -0.05) is 0 Å². The summed E-state index contributed by atoms with van der Waals surface area (Å²) >= 11 is 0. The fourth-order valence-electron chi connectivity index (χ4n) is 2.09. The Bertz CT molecular complexity index is 542. The molecule has 0 radical (unpaired) electrons. The first-order chi connectivity index (χ1) is 10.0. The average molecular weight is 294 g/mol. The Labute approximate surface area is 121 Å². The van der Waals surface area contributed by atoms with Gasteiger partial charge in [0.2, 0.25) is 0 Å². The molecule has 0 aliphatic carbocycles. The van der Waals surface area contributed by atoms with Crippen LogP contribution in [-0.4, -0.2) is 54.0 Å². The van der Waals surface area contributed by atoms with Gasteiger partial charge in [0, 0.05) is 37.9 Å². The van der Waals surface area contributed by atoms with Crippen LogP contribution in [0.1, 0.15) is 10.4 Å². The molecule has 0 aromatic heterocycles. The lowest BCUT2D eigenvalue weighted by molar-refractivity contribution is -0.385. The number of benzene rings is 1. The van der Waals surface area contributed by atoms with Crippen molar-refractivity contribution in [3.05, 3.63) is 33.9 Å². The normalized spacial score (nSPS) is 16.5. The van der Waals surface area contributed by atoms with Crippen LogP contribution in [0.2, 0.25) is 0 Å². The number of nitrogen functional groups attached to an aromatic ring is 1. The summed E-state index contributed by atoms with van der Waals surface area (Å²) in [6.07, 6.45) is 0. The van der Waals surface area contributed by atoms with E-state index in [0.29, 0.717) is 18.8 Å². The third kappa shape index (κ3) is 3.66. The quantitative estimate of drug-likeness (QED) is 0.399. The second-order valence-corrected chi connectivity index (χ2v) is 4.86. The first kappa shape index (κ1) is 15.2. The van der Waals surface area contributed by atoms with E-state index in [2.05, 4.69) is 15.8 Å². The summed E-state index contributed by atoms with van der Waals surface area (Å²) in [5.74, 6) is 4.77. The van der Waals surface area contributed by atoms with Gasteiger partial charge in [-0.2, -0.15) is 0 Å². The summed E-state index contributed by atoms with van der Waals surface area (Å²) in [4.78, 5) is 24.8. The topological polar surface area (TPSA) is 117 Å². The monoisotopic (exact) mass is 294 g/mol. The van der Waals surface area contributed by atoms with E-state index < -0.39 is 10.8 Å². The first-order valence-electron chi connectivity index (χ1n) is 6.51. The van der Waals surface area contributed by atoms with E-state index in [1.165, 1.54) is 18.2 Å². The summed E-state index contributed by atoms with van der Waals surface area (Å²) in [7, 11) is 2.00. The molecular formula is C12H18N6O3. The van der Waals surface area contributed by atoms with E-state index >= 15 is 0 Å². The number of nitro groups is 1. The maximum atomic E-state index is 12.2. The van der Waals surface area contributed by atoms with Crippen LogP contribution in [-0.2, 0) is 0 Å². The third-order valence-electron chi connectivity index (χ3n) is 3.37. The van der Waals surface area contributed by atoms with Crippen molar-refractivity contribution < 1.29 is 9.72 Å². The molecule has 114 valence electrons. The molecule has 0 saturated carbocycles. The maximum absolute atomic E-state index is 12.2. The summed E-state index contributed by atoms with van der Waals surface area (Å²) in [5.41, 5.74) is 5.24. The highest BCUT2D eigenvalue weighted by Crippen LogP contribution is 2.22. The van der Waals surface area contributed by atoms with E-state index in [4.69, 9.17) is 5.84 Å². The molecule has 1 fully saturated rings. The number of likely N-dealkylation sites (N-methyl/N-ethyl adjacent to an activating group) is 1. The van der Waals surface area contributed by atoms with Crippen molar-refractivity contribution in [2.24, 2.45) is 5.84 Å². The highest BCUT2D eigenvalue weighted by molar-refractivity contribution is 5.98. The molecule has 1 aliphatic rings. The largest absolute Gasteiger partial charge is 0.324 e. The van der Waals surface area contributed by atoms with Crippen LogP contribution in [0.3, 0.4) is 0 Å². The van der Waals surface area contributed by atoms with Crippen molar-refractivity contribution in [3.63, 3.8) is 0 Å². The maximum Gasteiger partial charge on any atom is 0.282 e. The lowest BCUT2D eigenvalue weighted by Crippen LogP contribution is -2.52. The molecule has 1 heterocycles. The number of hydrogen-bond donors (Lipinski definition) is 3. The van der Waals surface area contributed by atoms with Gasteiger partial charge in [-0.05, 0) is 19.2 Å². The Hall–Kier alpha value is -2.23. The van der Waals surface area contributed by atoms with Gasteiger partial charge >= 0.3 is 0 Å². The number of nitrogens with zero attached hydrogens (tertiary/aromatic N) is 3. The van der Waals surface area contributed by atoms with Crippen LogP contribution in [0.5, 0.6) is 0 Å². The molecule has 1 saturated heterocycles. The molecule has 0 atom stereocenters. The molecule has 21 heavy (non-hydrogen) atoms. The van der Waals surface area contributed by atoms with Crippen molar-refractivity contribution >= 4 is 17.3 Å². The molecule has 2 rings (SSSR count). The smallest absolute Gasteiger partial charge is 0.282 e. The summed E-state index contributed by atoms with van der Waals surface area (Å²) in [5, 5.41) is 12.8. The van der Waals surface area contributed by atoms with E-state index in [9.17, 15) is 14.9 Å². The SMILES string of the molecule is CN1CCN(NC(=O)c2cc(NN)ccc2[N+](=O)[O-])CC1. The number of amides is 1. The zero-order valence-corrected chi connectivity index (χ0v) is 11.7. The van der Waals surface area contributed by atoms with E-state index in [1.54, 1.807) is 5.01 Å². The van der Waals surface area contributed by atoms with Gasteiger partial charge in [-0.25, -0.2) is 5.01 Å². The van der Waals surface area contributed by atoms with Crippen LogP contribution < -0.4 is 16.7 Å². The third-order valence-corrected chi connectivity index (χ3v) is 3.37. The molecule has 1 aromatic rings. The fraction of sp³-hybridized carbons (Fsp3) is 0.417. The van der Waals surface area contributed by atoms with Gasteiger partial charge in [0.1, 0.15) is 5.56 Å². The molecule has 0 unspecified atom stereocenters. The highest BCUT2D eigenvalue weighted by Gasteiger charge is 2.23. The van der Waals surface area contributed by atoms with Gasteiger partial charge < -0.3 is 10.3 Å². The lowest BCUT2D eigenvalue weighted by Gasteiger charge is -2.32. The number of carbonyl (C=O) groups is 1. The van der Waals surface area contributed by atoms with Crippen LogP contribution in [0, 0.1) is 10.1 Å². The Morgan fingerprint density at radius 2 is 2.00 bits per heavy atom. The number of nitrogens with one attached hydrogen (secondary N) is 2. The minimum absolute atomic E-state index is 0.0191. The van der Waals surface area contributed by atoms with Crippen molar-refractivity contribution in [2.45, 2.75) is 0 Å². The Morgan fingerprint density at radius 3 is 2.57 bits per heavy atom. The van der Waals surface area contributed by atoms with Crippen molar-refractivity contribution in [1.82, 2.24) is 15.3 Å². The second kappa shape index (κ2) is 6.48. The summed E-state index contributed by atoms with van der Waals surface area (Å²) < 4.78 is 0. The molecule has 1 amide bonds. The van der Waals surface area contributed by atoms with Gasteiger partial charge in [0.05, 0.1) is 4.92 Å². The van der Waals surface area contributed by atoms with Crippen LogP contribution in [0.25, 0.3) is 0 Å². The summed E-state index contributed by atoms with van der Waals surface area (Å²) in [6.45, 7) is 3.00. The number of nitrogens with two attached hydrogens (primary N) is 1. The van der Waals surface area contributed by atoms with Gasteiger partial charge in [0.15, 0.2) is 0 Å². The van der Waals surface area contributed by atoms with E-state index in [1.807, 2.05) is 7.05 Å². The molecule has 9 heteroatoms. The zero-order valence-electron chi connectivity index (χ0n) is 11.7. The number of piperazine rings is 1. The lowest BCUT2D eigenvalue weighted by atomic mass is 10.1. The summed E-state index contributed by atoms with van der Waals surface area (Å²) in [6, 6.07) is 4.07. The van der Waals surface area contributed by atoms with Crippen molar-refractivity contribution in [2.75, 3.05) is 38.7 Å². The molecule has 0 spiro atoms.